The van der Waals surface area contributed by atoms with Gasteiger partial charge in [-0.1, -0.05) is 23.7 Å². The number of rotatable bonds is 6. The Morgan fingerprint density at radius 2 is 1.52 bits per heavy atom. The van der Waals surface area contributed by atoms with Crippen molar-refractivity contribution in [1.29, 1.82) is 0 Å². The van der Waals surface area contributed by atoms with Gasteiger partial charge in [-0.3, -0.25) is 0 Å². The van der Waals surface area contributed by atoms with E-state index >= 15 is 0 Å². The van der Waals surface area contributed by atoms with Crippen LogP contribution in [0.25, 0.3) is 0 Å². The highest BCUT2D eigenvalue weighted by atomic mass is 35.5. The molecule has 0 fully saturated rings. The molecule has 0 radical (unpaired) electrons. The Morgan fingerprint density at radius 1 is 0.952 bits per heavy atom. The Kier molecular flexibility index (Phi) is 5.50. The number of aryl methyl sites for hydroxylation is 1. The van der Waals surface area contributed by atoms with E-state index in [0.29, 0.717) is 29.4 Å². The fourth-order valence-corrected chi connectivity index (χ4v) is 1.88. The Morgan fingerprint density at radius 3 is 2.10 bits per heavy atom. The topological polar surface area (TPSA) is 58.9 Å². The van der Waals surface area contributed by atoms with Gasteiger partial charge in [0, 0.05) is 5.02 Å². The molecule has 0 bridgehead atoms. The van der Waals surface area contributed by atoms with E-state index in [-0.39, 0.29) is 0 Å². The molecule has 6 heteroatoms. The Hall–Kier alpha value is -1.69. The summed E-state index contributed by atoms with van der Waals surface area (Å²) < 4.78 is 11.1. The van der Waals surface area contributed by atoms with Gasteiger partial charge in [-0.05, 0) is 48.3 Å². The average Bonchev–Trinajstić information content (AvgIpc) is 2.47. The lowest BCUT2D eigenvalue weighted by molar-refractivity contribution is 0.217. The smallest absolute Gasteiger partial charge is 0.488 e. The van der Waals surface area contributed by atoms with E-state index in [2.05, 4.69) is 0 Å². The summed E-state index contributed by atoms with van der Waals surface area (Å²) in [5, 5.41) is 18.7. The van der Waals surface area contributed by atoms with Crippen LogP contribution in [0.4, 0.5) is 0 Å². The molecule has 4 nitrogen and oxygen atoms in total. The molecule has 2 N–H and O–H groups in total. The molecule has 0 aliphatic heterocycles. The molecular formula is C15H16BClO4. The molecule has 0 aliphatic carbocycles. The Balaban J connectivity index is 1.77. The maximum Gasteiger partial charge on any atom is 0.488 e. The van der Waals surface area contributed by atoms with Crippen molar-refractivity contribution in [2.24, 2.45) is 0 Å². The first kappa shape index (κ1) is 15.7. The van der Waals surface area contributed by atoms with Crippen molar-refractivity contribution in [2.75, 3.05) is 13.2 Å². The van der Waals surface area contributed by atoms with Crippen LogP contribution in [0.15, 0.2) is 42.5 Å². The SMILES string of the molecule is Cc1cc(OCCOc2ccc(B(O)O)cc2)ccc1Cl. The van der Waals surface area contributed by atoms with Gasteiger partial charge >= 0.3 is 7.12 Å². The fourth-order valence-electron chi connectivity index (χ4n) is 1.76. The highest BCUT2D eigenvalue weighted by molar-refractivity contribution is 6.58. The van der Waals surface area contributed by atoms with Crippen LogP contribution in [-0.4, -0.2) is 30.4 Å². The molecule has 0 heterocycles. The highest BCUT2D eigenvalue weighted by Gasteiger charge is 2.09. The summed E-state index contributed by atoms with van der Waals surface area (Å²) in [6.07, 6.45) is 0. The Labute approximate surface area is 129 Å². The van der Waals surface area contributed by atoms with Gasteiger partial charge in [-0.15, -0.1) is 0 Å². The first-order valence-electron chi connectivity index (χ1n) is 6.54. The second-order valence-electron chi connectivity index (χ2n) is 4.55. The maximum atomic E-state index is 8.98. The minimum absolute atomic E-state index is 0.392. The van der Waals surface area contributed by atoms with Crippen molar-refractivity contribution in [2.45, 2.75) is 6.92 Å². The van der Waals surface area contributed by atoms with E-state index in [1.807, 2.05) is 19.1 Å². The lowest BCUT2D eigenvalue weighted by Gasteiger charge is -2.09. The summed E-state index contributed by atoms with van der Waals surface area (Å²) >= 11 is 5.94. The zero-order chi connectivity index (χ0) is 15.2. The van der Waals surface area contributed by atoms with Gasteiger partial charge in [0.1, 0.15) is 24.7 Å². The summed E-state index contributed by atoms with van der Waals surface area (Å²) in [6.45, 7) is 2.72. The molecule has 2 rings (SSSR count). The van der Waals surface area contributed by atoms with Gasteiger partial charge < -0.3 is 19.5 Å². The van der Waals surface area contributed by atoms with Crippen molar-refractivity contribution >= 4 is 24.2 Å². The molecule has 110 valence electrons. The van der Waals surface area contributed by atoms with Gasteiger partial charge in [0.2, 0.25) is 0 Å². The summed E-state index contributed by atoms with van der Waals surface area (Å²) in [5.74, 6) is 1.40. The van der Waals surface area contributed by atoms with E-state index in [9.17, 15) is 0 Å². The van der Waals surface area contributed by atoms with Crippen LogP contribution in [0.3, 0.4) is 0 Å². The molecule has 2 aromatic carbocycles. The number of ether oxygens (including phenoxy) is 2. The molecule has 0 unspecified atom stereocenters. The van der Waals surface area contributed by atoms with Crippen LogP contribution < -0.4 is 14.9 Å². The van der Waals surface area contributed by atoms with Crippen molar-refractivity contribution in [3.05, 3.63) is 53.1 Å². The van der Waals surface area contributed by atoms with Gasteiger partial charge in [0.05, 0.1) is 0 Å². The molecule has 0 amide bonds. The van der Waals surface area contributed by atoms with Crippen LogP contribution in [-0.2, 0) is 0 Å². The van der Waals surface area contributed by atoms with E-state index in [1.54, 1.807) is 30.3 Å². The zero-order valence-corrected chi connectivity index (χ0v) is 12.4. The second kappa shape index (κ2) is 7.36. The molecule has 0 saturated carbocycles. The van der Waals surface area contributed by atoms with Crippen molar-refractivity contribution in [1.82, 2.24) is 0 Å². The molecule has 0 spiro atoms. The van der Waals surface area contributed by atoms with Gasteiger partial charge in [0.25, 0.3) is 0 Å². The van der Waals surface area contributed by atoms with Gasteiger partial charge in [-0.25, -0.2) is 0 Å². The Bertz CT molecular complexity index is 587. The summed E-state index contributed by atoms with van der Waals surface area (Å²) in [5.41, 5.74) is 1.39. The molecule has 0 atom stereocenters. The number of hydrogen-bond donors (Lipinski definition) is 2. The lowest BCUT2D eigenvalue weighted by Crippen LogP contribution is -2.29. The van der Waals surface area contributed by atoms with E-state index in [4.69, 9.17) is 31.1 Å². The molecule has 0 saturated heterocycles. The third-order valence-corrected chi connectivity index (χ3v) is 3.35. The van der Waals surface area contributed by atoms with Crippen LogP contribution >= 0.6 is 11.6 Å². The molecular weight excluding hydrogens is 290 g/mol. The summed E-state index contributed by atoms with van der Waals surface area (Å²) in [4.78, 5) is 0. The van der Waals surface area contributed by atoms with Crippen LogP contribution in [0, 0.1) is 6.92 Å². The predicted molar refractivity (Wildman–Crippen MR) is 83.4 cm³/mol. The zero-order valence-electron chi connectivity index (χ0n) is 11.6. The normalized spacial score (nSPS) is 10.3. The van der Waals surface area contributed by atoms with Crippen molar-refractivity contribution < 1.29 is 19.5 Å². The number of benzene rings is 2. The minimum atomic E-state index is -1.46. The second-order valence-corrected chi connectivity index (χ2v) is 4.96. The van der Waals surface area contributed by atoms with Crippen LogP contribution in [0.5, 0.6) is 11.5 Å². The van der Waals surface area contributed by atoms with Crippen LogP contribution in [0.2, 0.25) is 5.02 Å². The van der Waals surface area contributed by atoms with Crippen molar-refractivity contribution in [3.63, 3.8) is 0 Å². The largest absolute Gasteiger partial charge is 0.490 e. The van der Waals surface area contributed by atoms with E-state index in [0.717, 1.165) is 11.3 Å². The third kappa shape index (κ3) is 4.67. The standard InChI is InChI=1S/C15H16BClO4/c1-11-10-14(6-7-15(11)17)21-9-8-20-13-4-2-12(3-5-13)16(18)19/h2-7,10,18-19H,8-9H2,1H3. The maximum absolute atomic E-state index is 8.98. The minimum Gasteiger partial charge on any atom is -0.490 e. The van der Waals surface area contributed by atoms with Gasteiger partial charge in [-0.2, -0.15) is 0 Å². The quantitative estimate of drug-likeness (QED) is 0.631. The first-order chi connectivity index (χ1) is 10.1. The lowest BCUT2D eigenvalue weighted by atomic mass is 9.80. The van der Waals surface area contributed by atoms with Crippen molar-refractivity contribution in [3.8, 4) is 11.5 Å². The first-order valence-corrected chi connectivity index (χ1v) is 6.92. The number of hydrogen-bond acceptors (Lipinski definition) is 4. The monoisotopic (exact) mass is 306 g/mol. The summed E-state index contributed by atoms with van der Waals surface area (Å²) in [6, 6.07) is 12.0. The predicted octanol–water partition coefficient (Wildman–Crippen LogP) is 1.79. The van der Waals surface area contributed by atoms with Gasteiger partial charge in [0.15, 0.2) is 0 Å². The average molecular weight is 307 g/mol. The van der Waals surface area contributed by atoms with E-state index < -0.39 is 7.12 Å². The third-order valence-electron chi connectivity index (χ3n) is 2.93. The molecule has 0 aliphatic rings. The fraction of sp³-hybridized carbons (Fsp3) is 0.200. The van der Waals surface area contributed by atoms with Crippen LogP contribution in [0.1, 0.15) is 5.56 Å². The molecule has 2 aromatic rings. The number of halogens is 1. The molecule has 0 aromatic heterocycles. The molecule has 21 heavy (non-hydrogen) atoms. The van der Waals surface area contributed by atoms with E-state index in [1.165, 1.54) is 0 Å². The highest BCUT2D eigenvalue weighted by Crippen LogP contribution is 2.20. The summed E-state index contributed by atoms with van der Waals surface area (Å²) in [7, 11) is -1.46.